The second-order valence-electron chi connectivity index (χ2n) is 7.86. The van der Waals surface area contributed by atoms with Crippen molar-refractivity contribution in [3.05, 3.63) is 23.1 Å². The van der Waals surface area contributed by atoms with Gasteiger partial charge in [0.25, 0.3) is 0 Å². The van der Waals surface area contributed by atoms with Crippen LogP contribution in [-0.2, 0) is 19.3 Å². The Morgan fingerprint density at radius 3 is 2.77 bits per heavy atom. The van der Waals surface area contributed by atoms with Gasteiger partial charge < -0.3 is 14.6 Å². The molecular weight excluding hydrogens is 326 g/mol. The number of nitrogens with zero attached hydrogens (tertiary/aromatic N) is 4. The zero-order chi connectivity index (χ0) is 17.7. The highest BCUT2D eigenvalue weighted by Crippen LogP contribution is 2.39. The van der Waals surface area contributed by atoms with Gasteiger partial charge in [0.05, 0.1) is 5.39 Å². The lowest BCUT2D eigenvalue weighted by atomic mass is 9.99. The summed E-state index contributed by atoms with van der Waals surface area (Å²) in [7, 11) is 0. The first-order valence-corrected chi connectivity index (χ1v) is 9.76. The molecule has 3 aromatic rings. The largest absolute Gasteiger partial charge is 0.432 e. The Morgan fingerprint density at radius 2 is 1.96 bits per heavy atom. The van der Waals surface area contributed by atoms with Crippen LogP contribution in [0.5, 0.6) is 0 Å². The quantitative estimate of drug-likeness (QED) is 0.783. The molecule has 1 saturated heterocycles. The van der Waals surface area contributed by atoms with Gasteiger partial charge in [-0.15, -0.1) is 0 Å². The van der Waals surface area contributed by atoms with Crippen molar-refractivity contribution in [1.82, 2.24) is 20.3 Å². The second-order valence-corrected chi connectivity index (χ2v) is 7.86. The van der Waals surface area contributed by atoms with E-state index in [9.17, 15) is 0 Å². The Bertz CT molecular complexity index is 971. The second kappa shape index (κ2) is 6.20. The highest BCUT2D eigenvalue weighted by atomic mass is 16.3. The van der Waals surface area contributed by atoms with Crippen LogP contribution in [0, 0.1) is 5.92 Å². The van der Waals surface area contributed by atoms with E-state index in [1.54, 1.807) is 6.33 Å². The lowest BCUT2D eigenvalue weighted by Gasteiger charge is -2.27. The Labute approximate surface area is 153 Å². The van der Waals surface area contributed by atoms with Gasteiger partial charge in [-0.25, -0.2) is 15.0 Å². The van der Waals surface area contributed by atoms with Crippen molar-refractivity contribution in [2.75, 3.05) is 31.1 Å². The number of pyridine rings is 1. The predicted molar refractivity (Wildman–Crippen MR) is 103 cm³/mol. The molecule has 1 N–H and O–H groups in total. The van der Waals surface area contributed by atoms with E-state index in [1.165, 1.54) is 23.2 Å². The molecule has 0 bridgehead atoms. The van der Waals surface area contributed by atoms with E-state index in [0.717, 1.165) is 73.5 Å². The summed E-state index contributed by atoms with van der Waals surface area (Å²) < 4.78 is 6.29. The third-order valence-corrected chi connectivity index (χ3v) is 5.56. The number of aryl methyl sites for hydroxylation is 1. The molecule has 26 heavy (non-hydrogen) atoms. The number of fused-ring (bicyclic) bond motifs is 5. The molecule has 0 spiro atoms. The Morgan fingerprint density at radius 1 is 1.15 bits per heavy atom. The van der Waals surface area contributed by atoms with Crippen LogP contribution in [0.4, 0.5) is 5.82 Å². The van der Waals surface area contributed by atoms with Crippen molar-refractivity contribution >= 4 is 28.0 Å². The van der Waals surface area contributed by atoms with Crippen LogP contribution < -0.4 is 10.2 Å². The fourth-order valence-corrected chi connectivity index (χ4v) is 4.42. The minimum Gasteiger partial charge on any atom is -0.432 e. The highest BCUT2D eigenvalue weighted by Gasteiger charge is 2.27. The summed E-state index contributed by atoms with van der Waals surface area (Å²) in [5.74, 6) is 1.50. The van der Waals surface area contributed by atoms with Gasteiger partial charge in [-0.2, -0.15) is 0 Å². The number of anilines is 1. The fraction of sp³-hybridized carbons (Fsp3) is 0.550. The van der Waals surface area contributed by atoms with Crippen LogP contribution >= 0.6 is 0 Å². The van der Waals surface area contributed by atoms with E-state index in [4.69, 9.17) is 9.40 Å². The lowest BCUT2D eigenvalue weighted by molar-refractivity contribution is 0.578. The highest BCUT2D eigenvalue weighted by molar-refractivity contribution is 6.06. The number of rotatable bonds is 3. The molecule has 136 valence electrons. The first-order chi connectivity index (χ1) is 12.7. The van der Waals surface area contributed by atoms with Crippen LogP contribution in [0.1, 0.15) is 37.1 Å². The Hall–Kier alpha value is -2.21. The van der Waals surface area contributed by atoms with Crippen molar-refractivity contribution < 1.29 is 4.42 Å². The maximum atomic E-state index is 6.29. The predicted octanol–water partition coefficient (Wildman–Crippen LogP) is 2.87. The number of hydrogen-bond donors (Lipinski definition) is 1. The van der Waals surface area contributed by atoms with Gasteiger partial charge in [0, 0.05) is 31.9 Å². The molecule has 5 rings (SSSR count). The summed E-state index contributed by atoms with van der Waals surface area (Å²) in [5.41, 5.74) is 6.55. The van der Waals surface area contributed by atoms with Crippen molar-refractivity contribution in [3.63, 3.8) is 0 Å². The summed E-state index contributed by atoms with van der Waals surface area (Å²) in [5, 5.41) is 4.51. The molecule has 0 saturated carbocycles. The maximum Gasteiger partial charge on any atom is 0.229 e. The lowest BCUT2D eigenvalue weighted by Crippen LogP contribution is -2.43. The van der Waals surface area contributed by atoms with E-state index in [-0.39, 0.29) is 0 Å². The standard InChI is InChI=1S/C20H25N5O/c1-12(2)10-15-13-4-3-5-14(13)16-17-18(26-20(16)24-15)19(23-11-22-17)25-8-6-21-7-9-25/h11-12,21H,3-10H2,1-2H3. The van der Waals surface area contributed by atoms with Gasteiger partial charge in [0.2, 0.25) is 5.71 Å². The fourth-order valence-electron chi connectivity index (χ4n) is 4.42. The molecule has 6 nitrogen and oxygen atoms in total. The summed E-state index contributed by atoms with van der Waals surface area (Å²) in [6, 6.07) is 0. The molecule has 1 fully saturated rings. The van der Waals surface area contributed by atoms with E-state index in [2.05, 4.69) is 34.0 Å². The number of hydrogen-bond acceptors (Lipinski definition) is 6. The third kappa shape index (κ3) is 2.47. The van der Waals surface area contributed by atoms with E-state index >= 15 is 0 Å². The summed E-state index contributed by atoms with van der Waals surface area (Å²) >= 11 is 0. The molecule has 0 aromatic carbocycles. The van der Waals surface area contributed by atoms with Gasteiger partial charge in [0.1, 0.15) is 11.8 Å². The molecule has 6 heteroatoms. The van der Waals surface area contributed by atoms with Crippen LogP contribution in [0.15, 0.2) is 10.7 Å². The average molecular weight is 351 g/mol. The monoisotopic (exact) mass is 351 g/mol. The van der Waals surface area contributed by atoms with Gasteiger partial charge in [-0.1, -0.05) is 13.8 Å². The van der Waals surface area contributed by atoms with Gasteiger partial charge in [-0.3, -0.25) is 0 Å². The molecule has 0 amide bonds. The smallest absolute Gasteiger partial charge is 0.229 e. The van der Waals surface area contributed by atoms with Crippen LogP contribution in [0.25, 0.3) is 22.2 Å². The first-order valence-electron chi connectivity index (χ1n) is 9.76. The molecule has 3 aromatic heterocycles. The van der Waals surface area contributed by atoms with Crippen LogP contribution in [0.3, 0.4) is 0 Å². The molecule has 1 aliphatic heterocycles. The third-order valence-electron chi connectivity index (χ3n) is 5.56. The Balaban J connectivity index is 1.74. The number of aromatic nitrogens is 3. The molecule has 0 atom stereocenters. The molecule has 2 aliphatic rings. The zero-order valence-electron chi connectivity index (χ0n) is 15.5. The number of furan rings is 1. The summed E-state index contributed by atoms with van der Waals surface area (Å²) in [6.45, 7) is 8.32. The molecule has 4 heterocycles. The van der Waals surface area contributed by atoms with Crippen LogP contribution in [0.2, 0.25) is 0 Å². The minimum absolute atomic E-state index is 0.588. The Kier molecular flexibility index (Phi) is 3.81. The van der Waals surface area contributed by atoms with Gasteiger partial charge in [-0.05, 0) is 42.7 Å². The van der Waals surface area contributed by atoms with E-state index < -0.39 is 0 Å². The topological polar surface area (TPSA) is 67.1 Å². The van der Waals surface area contributed by atoms with Crippen molar-refractivity contribution in [3.8, 4) is 0 Å². The molecule has 0 radical (unpaired) electrons. The van der Waals surface area contributed by atoms with Crippen molar-refractivity contribution in [2.24, 2.45) is 5.92 Å². The van der Waals surface area contributed by atoms with Crippen molar-refractivity contribution in [2.45, 2.75) is 39.5 Å². The van der Waals surface area contributed by atoms with E-state index in [0.29, 0.717) is 5.92 Å². The van der Waals surface area contributed by atoms with Crippen LogP contribution in [-0.4, -0.2) is 41.1 Å². The minimum atomic E-state index is 0.588. The molecule has 1 aliphatic carbocycles. The molecular formula is C20H25N5O. The van der Waals surface area contributed by atoms with E-state index in [1.807, 2.05) is 0 Å². The average Bonchev–Trinajstić information content (AvgIpc) is 3.25. The summed E-state index contributed by atoms with van der Waals surface area (Å²) in [4.78, 5) is 16.4. The first kappa shape index (κ1) is 16.0. The van der Waals surface area contributed by atoms with Gasteiger partial charge >= 0.3 is 0 Å². The normalized spacial score (nSPS) is 17.6. The zero-order valence-corrected chi connectivity index (χ0v) is 15.5. The summed E-state index contributed by atoms with van der Waals surface area (Å²) in [6.07, 6.45) is 6.11. The number of nitrogens with one attached hydrogen (secondary N) is 1. The van der Waals surface area contributed by atoms with Gasteiger partial charge in [0.15, 0.2) is 11.4 Å². The van der Waals surface area contributed by atoms with Crippen molar-refractivity contribution in [1.29, 1.82) is 0 Å². The molecule has 0 unspecified atom stereocenters. The number of piperazine rings is 1. The SMILES string of the molecule is CC(C)Cc1nc2oc3c(N4CCNCC4)ncnc3c2c2c1CCC2. The maximum absolute atomic E-state index is 6.29.